The van der Waals surface area contributed by atoms with Crippen LogP contribution in [0.1, 0.15) is 12.8 Å². The Hall–Kier alpha value is -1.78. The van der Waals surface area contributed by atoms with Gasteiger partial charge in [0.2, 0.25) is 5.91 Å². The maximum Gasteiger partial charge on any atom is 0.219 e. The summed E-state index contributed by atoms with van der Waals surface area (Å²) < 4.78 is 5.23. The Morgan fingerprint density at radius 1 is 1.65 bits per heavy atom. The second kappa shape index (κ2) is 6.08. The quantitative estimate of drug-likeness (QED) is 0.706. The van der Waals surface area contributed by atoms with Gasteiger partial charge in [0.05, 0.1) is 18.3 Å². The molecular formula is C12H18N2O3. The van der Waals surface area contributed by atoms with Crippen LogP contribution in [0.4, 0.5) is 0 Å². The van der Waals surface area contributed by atoms with Gasteiger partial charge in [-0.2, -0.15) is 0 Å². The number of nitrogens with zero attached hydrogens (tertiary/aromatic N) is 1. The van der Waals surface area contributed by atoms with Crippen molar-refractivity contribution in [2.45, 2.75) is 18.9 Å². The van der Waals surface area contributed by atoms with Crippen LogP contribution in [-0.2, 0) is 14.3 Å². The fourth-order valence-electron chi connectivity index (χ4n) is 1.71. The third-order valence-corrected chi connectivity index (χ3v) is 2.78. The molecule has 0 radical (unpaired) electrons. The first-order valence-corrected chi connectivity index (χ1v) is 5.53. The van der Waals surface area contributed by atoms with Crippen molar-refractivity contribution in [3.05, 3.63) is 24.6 Å². The summed E-state index contributed by atoms with van der Waals surface area (Å²) in [5, 5.41) is 2.53. The Morgan fingerprint density at radius 2 is 2.35 bits per heavy atom. The smallest absolute Gasteiger partial charge is 0.219 e. The molecule has 0 spiro atoms. The Balaban J connectivity index is 2.60. The maximum atomic E-state index is 11.2. The summed E-state index contributed by atoms with van der Waals surface area (Å²) in [6, 6.07) is -0.347. The second-order valence-electron chi connectivity index (χ2n) is 3.83. The molecule has 5 nitrogen and oxygen atoms in total. The first-order valence-electron chi connectivity index (χ1n) is 5.53. The van der Waals surface area contributed by atoms with Crippen molar-refractivity contribution in [3.63, 3.8) is 0 Å². The lowest BCUT2D eigenvalue weighted by molar-refractivity contribution is -0.121. The number of amides is 1. The van der Waals surface area contributed by atoms with E-state index in [4.69, 9.17) is 4.74 Å². The first-order chi connectivity index (χ1) is 8.10. The van der Waals surface area contributed by atoms with Gasteiger partial charge < -0.3 is 19.7 Å². The van der Waals surface area contributed by atoms with E-state index in [2.05, 4.69) is 18.5 Å². The standard InChI is InChI=1S/C12H18N2O3/c1-9-10(2)17-7-6-14(9)11(8-15)4-5-12(16)13-3/h8,11H,1-2,4-7H2,3H3,(H,13,16). The predicted molar refractivity (Wildman–Crippen MR) is 64.1 cm³/mol. The summed E-state index contributed by atoms with van der Waals surface area (Å²) >= 11 is 0. The molecule has 1 heterocycles. The highest BCUT2D eigenvalue weighted by Gasteiger charge is 2.25. The van der Waals surface area contributed by atoms with Crippen molar-refractivity contribution in [2.24, 2.45) is 0 Å². The molecule has 1 unspecified atom stereocenters. The molecule has 1 aliphatic rings. The zero-order valence-corrected chi connectivity index (χ0v) is 10.1. The van der Waals surface area contributed by atoms with Crippen molar-refractivity contribution >= 4 is 12.2 Å². The van der Waals surface area contributed by atoms with Gasteiger partial charge in [-0.3, -0.25) is 4.79 Å². The van der Waals surface area contributed by atoms with Crippen molar-refractivity contribution in [1.82, 2.24) is 10.2 Å². The van der Waals surface area contributed by atoms with Gasteiger partial charge in [-0.05, 0) is 6.42 Å². The molecule has 17 heavy (non-hydrogen) atoms. The molecule has 1 aliphatic heterocycles. The predicted octanol–water partition coefficient (Wildman–Crippen LogP) is 0.440. The van der Waals surface area contributed by atoms with Crippen LogP contribution in [0, 0.1) is 0 Å². The van der Waals surface area contributed by atoms with E-state index >= 15 is 0 Å². The van der Waals surface area contributed by atoms with Crippen molar-refractivity contribution < 1.29 is 14.3 Å². The average Bonchev–Trinajstić information content (AvgIpc) is 2.34. The van der Waals surface area contributed by atoms with Crippen LogP contribution >= 0.6 is 0 Å². The van der Waals surface area contributed by atoms with E-state index in [0.29, 0.717) is 37.4 Å². The minimum atomic E-state index is -0.347. The molecule has 1 atom stereocenters. The van der Waals surface area contributed by atoms with E-state index < -0.39 is 0 Å². The van der Waals surface area contributed by atoms with E-state index in [9.17, 15) is 9.59 Å². The van der Waals surface area contributed by atoms with Crippen LogP contribution < -0.4 is 5.32 Å². The minimum absolute atomic E-state index is 0.0745. The van der Waals surface area contributed by atoms with E-state index in [1.165, 1.54) is 0 Å². The van der Waals surface area contributed by atoms with Crippen LogP contribution in [0.2, 0.25) is 0 Å². The maximum absolute atomic E-state index is 11.2. The van der Waals surface area contributed by atoms with Crippen LogP contribution in [0.5, 0.6) is 0 Å². The molecule has 1 rings (SSSR count). The van der Waals surface area contributed by atoms with Crippen LogP contribution in [-0.4, -0.2) is 43.3 Å². The summed E-state index contributed by atoms with van der Waals surface area (Å²) in [6.07, 6.45) is 1.62. The Kier molecular flexibility index (Phi) is 4.75. The minimum Gasteiger partial charge on any atom is -0.490 e. The summed E-state index contributed by atoms with van der Waals surface area (Å²) in [6.45, 7) is 8.63. The largest absolute Gasteiger partial charge is 0.490 e. The van der Waals surface area contributed by atoms with Gasteiger partial charge in [-0.25, -0.2) is 0 Å². The Bertz CT molecular complexity index is 339. The molecule has 0 aromatic rings. The molecule has 1 amide bonds. The van der Waals surface area contributed by atoms with Gasteiger partial charge in [0.25, 0.3) is 0 Å². The van der Waals surface area contributed by atoms with Crippen LogP contribution in [0.15, 0.2) is 24.6 Å². The third kappa shape index (κ3) is 3.34. The zero-order valence-electron chi connectivity index (χ0n) is 10.1. The molecule has 1 saturated heterocycles. The van der Waals surface area contributed by atoms with Gasteiger partial charge in [0.15, 0.2) is 0 Å². The number of carbonyl (C=O) groups is 2. The first kappa shape index (κ1) is 13.3. The SMILES string of the molecule is C=C1OCCN(C(C=O)CCC(=O)NC)C1=C. The number of hydrogen-bond donors (Lipinski definition) is 1. The summed E-state index contributed by atoms with van der Waals surface area (Å²) in [7, 11) is 1.58. The normalized spacial score (nSPS) is 17.4. The molecule has 0 aromatic heterocycles. The lowest BCUT2D eigenvalue weighted by atomic mass is 10.1. The molecule has 0 aliphatic carbocycles. The molecule has 0 bridgehead atoms. The fourth-order valence-corrected chi connectivity index (χ4v) is 1.71. The number of carbonyl (C=O) groups excluding carboxylic acids is 2. The van der Waals surface area contributed by atoms with Gasteiger partial charge in [-0.15, -0.1) is 0 Å². The number of nitrogens with one attached hydrogen (secondary N) is 1. The molecule has 0 saturated carbocycles. The monoisotopic (exact) mass is 238 g/mol. The summed E-state index contributed by atoms with van der Waals surface area (Å²) in [5.41, 5.74) is 0.616. The number of hydrogen-bond acceptors (Lipinski definition) is 4. The zero-order chi connectivity index (χ0) is 12.8. The highest BCUT2D eigenvalue weighted by Crippen LogP contribution is 2.21. The van der Waals surface area contributed by atoms with Gasteiger partial charge in [0, 0.05) is 13.5 Å². The number of rotatable bonds is 5. The van der Waals surface area contributed by atoms with Crippen LogP contribution in [0.3, 0.4) is 0 Å². The molecule has 94 valence electrons. The van der Waals surface area contributed by atoms with Gasteiger partial charge in [0.1, 0.15) is 18.7 Å². The molecule has 5 heteroatoms. The van der Waals surface area contributed by atoms with E-state index in [1.807, 2.05) is 4.90 Å². The van der Waals surface area contributed by atoms with Crippen molar-refractivity contribution in [1.29, 1.82) is 0 Å². The topological polar surface area (TPSA) is 58.6 Å². The highest BCUT2D eigenvalue weighted by molar-refractivity contribution is 5.76. The summed E-state index contributed by atoms with van der Waals surface area (Å²) in [4.78, 5) is 24.1. The van der Waals surface area contributed by atoms with Gasteiger partial charge >= 0.3 is 0 Å². The Morgan fingerprint density at radius 3 is 2.94 bits per heavy atom. The van der Waals surface area contributed by atoms with Crippen LogP contribution in [0.25, 0.3) is 0 Å². The number of ether oxygens (including phenoxy) is 1. The highest BCUT2D eigenvalue weighted by atomic mass is 16.5. The molecular weight excluding hydrogens is 220 g/mol. The van der Waals surface area contributed by atoms with E-state index in [-0.39, 0.29) is 11.9 Å². The van der Waals surface area contributed by atoms with E-state index in [0.717, 1.165) is 6.29 Å². The molecule has 1 N–H and O–H groups in total. The fraction of sp³-hybridized carbons (Fsp3) is 0.500. The number of morpholine rings is 1. The lowest BCUT2D eigenvalue weighted by Gasteiger charge is -2.36. The molecule has 1 fully saturated rings. The summed E-state index contributed by atoms with van der Waals surface area (Å²) in [5.74, 6) is 0.414. The second-order valence-corrected chi connectivity index (χ2v) is 3.83. The van der Waals surface area contributed by atoms with E-state index in [1.54, 1.807) is 7.05 Å². The number of aldehydes is 1. The van der Waals surface area contributed by atoms with Crippen molar-refractivity contribution in [3.8, 4) is 0 Å². The third-order valence-electron chi connectivity index (χ3n) is 2.78. The molecule has 0 aromatic carbocycles. The van der Waals surface area contributed by atoms with Gasteiger partial charge in [-0.1, -0.05) is 13.2 Å². The lowest BCUT2D eigenvalue weighted by Crippen LogP contribution is -2.42. The van der Waals surface area contributed by atoms with Crippen molar-refractivity contribution in [2.75, 3.05) is 20.2 Å². The average molecular weight is 238 g/mol. The Labute approximate surface area is 101 Å².